The average Bonchev–Trinajstić information content (AvgIpc) is 2.09. The molecule has 6 heteroatoms. The lowest BCUT2D eigenvalue weighted by atomic mass is 10.3. The zero-order chi connectivity index (χ0) is 11.5. The van der Waals surface area contributed by atoms with Crippen LogP contribution in [0.2, 0.25) is 5.02 Å². The predicted molar refractivity (Wildman–Crippen MR) is 66.3 cm³/mol. The summed E-state index contributed by atoms with van der Waals surface area (Å²) < 4.78 is 21.8. The van der Waals surface area contributed by atoms with Crippen LogP contribution in [0.3, 0.4) is 0 Å². The van der Waals surface area contributed by atoms with E-state index in [1.165, 1.54) is 18.0 Å². The van der Waals surface area contributed by atoms with Crippen LogP contribution in [0.5, 0.6) is 0 Å². The van der Waals surface area contributed by atoms with Crippen molar-refractivity contribution in [2.75, 3.05) is 23.5 Å². The van der Waals surface area contributed by atoms with E-state index in [1.807, 2.05) is 6.07 Å². The number of sulfone groups is 1. The summed E-state index contributed by atoms with van der Waals surface area (Å²) in [6.45, 7) is 0. The Morgan fingerprint density at radius 2 is 2.13 bits per heavy atom. The predicted octanol–water partition coefficient (Wildman–Crippen LogP) is 2.06. The van der Waals surface area contributed by atoms with Crippen molar-refractivity contribution >= 4 is 38.9 Å². The molecule has 0 unspecified atom stereocenters. The molecule has 0 aromatic heterocycles. The highest BCUT2D eigenvalue weighted by Gasteiger charge is 2.03. The number of hydrogen-bond donors (Lipinski definition) is 1. The minimum Gasteiger partial charge on any atom is -0.398 e. The van der Waals surface area contributed by atoms with Crippen molar-refractivity contribution in [1.29, 1.82) is 0 Å². The van der Waals surface area contributed by atoms with E-state index < -0.39 is 9.84 Å². The maximum Gasteiger partial charge on any atom is 0.148 e. The summed E-state index contributed by atoms with van der Waals surface area (Å²) in [7, 11) is -2.89. The van der Waals surface area contributed by atoms with Crippen LogP contribution < -0.4 is 5.73 Å². The third-order valence-corrected chi connectivity index (χ3v) is 4.22. The van der Waals surface area contributed by atoms with Crippen LogP contribution in [0.1, 0.15) is 0 Å². The molecule has 0 aliphatic heterocycles. The van der Waals surface area contributed by atoms with Gasteiger partial charge in [-0.2, -0.15) is 0 Å². The van der Waals surface area contributed by atoms with Crippen LogP contribution in [0.4, 0.5) is 5.69 Å². The van der Waals surface area contributed by atoms with E-state index >= 15 is 0 Å². The highest BCUT2D eigenvalue weighted by atomic mass is 35.5. The Balaban J connectivity index is 2.55. The van der Waals surface area contributed by atoms with Gasteiger partial charge in [0.15, 0.2) is 0 Å². The van der Waals surface area contributed by atoms with Gasteiger partial charge >= 0.3 is 0 Å². The molecule has 15 heavy (non-hydrogen) atoms. The van der Waals surface area contributed by atoms with Crippen LogP contribution in [0.25, 0.3) is 0 Å². The summed E-state index contributed by atoms with van der Waals surface area (Å²) in [5, 5.41) is 0.499. The van der Waals surface area contributed by atoms with E-state index in [0.29, 0.717) is 16.5 Å². The topological polar surface area (TPSA) is 60.2 Å². The zero-order valence-corrected chi connectivity index (χ0v) is 10.6. The Morgan fingerprint density at radius 3 is 2.67 bits per heavy atom. The quantitative estimate of drug-likeness (QED) is 0.669. The third kappa shape index (κ3) is 4.77. The van der Waals surface area contributed by atoms with Gasteiger partial charge < -0.3 is 5.73 Å². The molecule has 0 saturated heterocycles. The second-order valence-corrected chi connectivity index (χ2v) is 7.00. The number of nitrogens with two attached hydrogens (primary N) is 1. The fraction of sp³-hybridized carbons (Fsp3) is 0.333. The summed E-state index contributed by atoms with van der Waals surface area (Å²) in [6, 6.07) is 5.28. The van der Waals surface area contributed by atoms with Crippen molar-refractivity contribution in [2.24, 2.45) is 0 Å². The van der Waals surface area contributed by atoms with Crippen molar-refractivity contribution in [3.63, 3.8) is 0 Å². The maximum absolute atomic E-state index is 10.9. The smallest absolute Gasteiger partial charge is 0.148 e. The van der Waals surface area contributed by atoms with E-state index in [0.717, 1.165) is 4.90 Å². The van der Waals surface area contributed by atoms with Gasteiger partial charge in [0.2, 0.25) is 0 Å². The van der Waals surface area contributed by atoms with Gasteiger partial charge in [-0.25, -0.2) is 8.42 Å². The lowest BCUT2D eigenvalue weighted by molar-refractivity contribution is 0.603. The highest BCUT2D eigenvalue weighted by molar-refractivity contribution is 8.00. The lowest BCUT2D eigenvalue weighted by Crippen LogP contribution is -2.04. The first-order valence-electron chi connectivity index (χ1n) is 4.24. The van der Waals surface area contributed by atoms with Crippen molar-refractivity contribution < 1.29 is 8.42 Å². The maximum atomic E-state index is 10.9. The van der Waals surface area contributed by atoms with Crippen LogP contribution >= 0.6 is 23.4 Å². The molecule has 0 aliphatic carbocycles. The molecule has 2 N–H and O–H groups in total. The first-order chi connectivity index (χ1) is 6.88. The van der Waals surface area contributed by atoms with Crippen LogP contribution in [-0.4, -0.2) is 26.2 Å². The number of halogens is 1. The Bertz CT molecular complexity index is 445. The molecule has 3 nitrogen and oxygen atoms in total. The molecule has 0 bridgehead atoms. The van der Waals surface area contributed by atoms with Crippen molar-refractivity contribution in [3.05, 3.63) is 23.2 Å². The lowest BCUT2D eigenvalue weighted by Gasteiger charge is -2.03. The standard InChI is InChI=1S/C9H12ClNO2S2/c1-15(12,13)5-4-14-7-2-3-9(11)8(10)6-7/h2-3,6H,4-5,11H2,1H3. The Morgan fingerprint density at radius 1 is 1.47 bits per heavy atom. The summed E-state index contributed by atoms with van der Waals surface area (Å²) in [6.07, 6.45) is 1.23. The summed E-state index contributed by atoms with van der Waals surface area (Å²) in [4.78, 5) is 0.929. The Kier molecular flexibility index (Phi) is 4.31. The molecule has 0 radical (unpaired) electrons. The average molecular weight is 266 g/mol. The molecular weight excluding hydrogens is 254 g/mol. The fourth-order valence-electron chi connectivity index (χ4n) is 0.909. The van der Waals surface area contributed by atoms with Gasteiger partial charge in [-0.15, -0.1) is 11.8 Å². The fourth-order valence-corrected chi connectivity index (χ4v) is 3.30. The van der Waals surface area contributed by atoms with Crippen molar-refractivity contribution in [3.8, 4) is 0 Å². The van der Waals surface area contributed by atoms with Gasteiger partial charge in [0, 0.05) is 16.9 Å². The number of rotatable bonds is 4. The number of anilines is 1. The number of benzene rings is 1. The molecule has 0 spiro atoms. The van der Waals surface area contributed by atoms with Gasteiger partial charge in [0.25, 0.3) is 0 Å². The molecule has 0 fully saturated rings. The molecule has 0 atom stereocenters. The van der Waals surface area contributed by atoms with E-state index in [1.54, 1.807) is 12.1 Å². The first-order valence-corrected chi connectivity index (χ1v) is 7.66. The van der Waals surface area contributed by atoms with Gasteiger partial charge in [-0.3, -0.25) is 0 Å². The third-order valence-electron chi connectivity index (χ3n) is 1.69. The Labute approximate surface area is 98.9 Å². The minimum atomic E-state index is -2.89. The molecule has 0 saturated carbocycles. The summed E-state index contributed by atoms with van der Waals surface area (Å²) in [5.41, 5.74) is 6.08. The normalized spacial score (nSPS) is 11.6. The van der Waals surface area contributed by atoms with E-state index in [4.69, 9.17) is 17.3 Å². The van der Waals surface area contributed by atoms with E-state index in [-0.39, 0.29) is 5.75 Å². The van der Waals surface area contributed by atoms with Gasteiger partial charge in [-0.1, -0.05) is 11.6 Å². The molecule has 0 amide bonds. The van der Waals surface area contributed by atoms with Crippen LogP contribution in [0, 0.1) is 0 Å². The van der Waals surface area contributed by atoms with Gasteiger partial charge in [0.05, 0.1) is 16.5 Å². The number of hydrogen-bond acceptors (Lipinski definition) is 4. The van der Waals surface area contributed by atoms with Crippen LogP contribution in [-0.2, 0) is 9.84 Å². The largest absolute Gasteiger partial charge is 0.398 e. The van der Waals surface area contributed by atoms with Crippen molar-refractivity contribution in [2.45, 2.75) is 4.90 Å². The second kappa shape index (κ2) is 5.09. The molecule has 1 aromatic rings. The van der Waals surface area contributed by atoms with E-state index in [9.17, 15) is 8.42 Å². The summed E-state index contributed by atoms with van der Waals surface area (Å²) in [5.74, 6) is 0.693. The van der Waals surface area contributed by atoms with Crippen LogP contribution in [0.15, 0.2) is 23.1 Å². The monoisotopic (exact) mass is 265 g/mol. The number of nitrogen functional groups attached to an aromatic ring is 1. The molecule has 0 aliphatic rings. The molecule has 84 valence electrons. The zero-order valence-electron chi connectivity index (χ0n) is 8.23. The molecule has 1 rings (SSSR count). The first kappa shape index (κ1) is 12.7. The number of thioether (sulfide) groups is 1. The van der Waals surface area contributed by atoms with Crippen molar-refractivity contribution in [1.82, 2.24) is 0 Å². The highest BCUT2D eigenvalue weighted by Crippen LogP contribution is 2.26. The Hall–Kier alpha value is -0.390. The minimum absolute atomic E-state index is 0.166. The SMILES string of the molecule is CS(=O)(=O)CCSc1ccc(N)c(Cl)c1. The summed E-state index contributed by atoms with van der Waals surface area (Å²) >= 11 is 7.28. The molecular formula is C9H12ClNO2S2. The molecule has 1 aromatic carbocycles. The molecule has 0 heterocycles. The van der Waals surface area contributed by atoms with Gasteiger partial charge in [0.1, 0.15) is 9.84 Å². The van der Waals surface area contributed by atoms with E-state index in [2.05, 4.69) is 0 Å². The second-order valence-electron chi connectivity index (χ2n) is 3.16. The van der Waals surface area contributed by atoms with Gasteiger partial charge in [-0.05, 0) is 18.2 Å².